The number of carbonyl (C=O) groups excluding carboxylic acids is 1. The second-order valence-electron chi connectivity index (χ2n) is 5.56. The Bertz CT molecular complexity index is 466. The Morgan fingerprint density at radius 1 is 1.37 bits per heavy atom. The molecule has 0 fully saturated rings. The van der Waals surface area contributed by atoms with Gasteiger partial charge in [0.25, 0.3) is 0 Å². The van der Waals surface area contributed by atoms with Crippen LogP contribution in [-0.4, -0.2) is 17.6 Å². The van der Waals surface area contributed by atoms with Crippen molar-refractivity contribution in [1.29, 1.82) is 5.26 Å². The largest absolute Gasteiger partial charge is 0.460 e. The van der Waals surface area contributed by atoms with E-state index in [9.17, 15) is 4.79 Å². The molecule has 0 aromatic heterocycles. The minimum absolute atomic E-state index is 0.192. The number of rotatable bonds is 4. The molecule has 19 heavy (non-hydrogen) atoms. The first kappa shape index (κ1) is 15.2. The molecular weight excluding hydrogens is 240 g/mol. The van der Waals surface area contributed by atoms with E-state index in [0.29, 0.717) is 12.0 Å². The van der Waals surface area contributed by atoms with Crippen LogP contribution in [0.25, 0.3) is 0 Å². The Kier molecular flexibility index (Phi) is 5.08. The number of benzene rings is 1. The first-order valence-electron chi connectivity index (χ1n) is 6.26. The van der Waals surface area contributed by atoms with E-state index in [-0.39, 0.29) is 18.4 Å². The number of carbonyl (C=O) groups is 1. The number of nitrogens with two attached hydrogens (primary N) is 1. The highest BCUT2D eigenvalue weighted by atomic mass is 16.6. The van der Waals surface area contributed by atoms with Crippen LogP contribution in [0.15, 0.2) is 24.3 Å². The van der Waals surface area contributed by atoms with Crippen LogP contribution in [0.3, 0.4) is 0 Å². The van der Waals surface area contributed by atoms with Crippen LogP contribution >= 0.6 is 0 Å². The van der Waals surface area contributed by atoms with Crippen molar-refractivity contribution in [2.45, 2.75) is 45.3 Å². The van der Waals surface area contributed by atoms with Gasteiger partial charge < -0.3 is 10.5 Å². The smallest absolute Gasteiger partial charge is 0.307 e. The van der Waals surface area contributed by atoms with Gasteiger partial charge >= 0.3 is 5.97 Å². The normalized spacial score (nSPS) is 12.6. The number of nitrogens with zero attached hydrogens (tertiary/aromatic N) is 1. The van der Waals surface area contributed by atoms with Crippen molar-refractivity contribution < 1.29 is 9.53 Å². The van der Waals surface area contributed by atoms with Crippen molar-refractivity contribution in [2.24, 2.45) is 5.73 Å². The van der Waals surface area contributed by atoms with Crippen LogP contribution in [0.1, 0.15) is 38.3 Å². The number of esters is 1. The molecule has 0 amide bonds. The summed E-state index contributed by atoms with van der Waals surface area (Å²) in [6, 6.07) is 8.99. The topological polar surface area (TPSA) is 76.1 Å². The zero-order chi connectivity index (χ0) is 14.5. The van der Waals surface area contributed by atoms with E-state index >= 15 is 0 Å². The second kappa shape index (κ2) is 6.35. The third-order valence-corrected chi connectivity index (χ3v) is 2.43. The highest BCUT2D eigenvalue weighted by molar-refractivity contribution is 5.70. The summed E-state index contributed by atoms with van der Waals surface area (Å²) in [4.78, 5) is 11.6. The van der Waals surface area contributed by atoms with Gasteiger partial charge in [-0.05, 0) is 44.9 Å². The van der Waals surface area contributed by atoms with Gasteiger partial charge in [-0.3, -0.25) is 4.79 Å². The summed E-state index contributed by atoms with van der Waals surface area (Å²) in [5, 5.41) is 8.70. The summed E-state index contributed by atoms with van der Waals surface area (Å²) < 4.78 is 5.22. The minimum atomic E-state index is -0.481. The fourth-order valence-corrected chi connectivity index (χ4v) is 1.69. The fraction of sp³-hybridized carbons (Fsp3) is 0.467. The lowest BCUT2D eigenvalue weighted by atomic mass is 10.0. The van der Waals surface area contributed by atoms with Crippen molar-refractivity contribution in [3.63, 3.8) is 0 Å². The average Bonchev–Trinajstić information content (AvgIpc) is 2.27. The van der Waals surface area contributed by atoms with E-state index in [1.54, 1.807) is 12.1 Å². The number of ether oxygens (including phenoxy) is 1. The maximum atomic E-state index is 11.6. The Morgan fingerprint density at radius 3 is 2.42 bits per heavy atom. The summed E-state index contributed by atoms with van der Waals surface area (Å²) in [5.74, 6) is -0.284. The maximum Gasteiger partial charge on any atom is 0.307 e. The second-order valence-corrected chi connectivity index (χ2v) is 5.56. The molecule has 1 aromatic carbocycles. The van der Waals surface area contributed by atoms with E-state index in [4.69, 9.17) is 15.7 Å². The monoisotopic (exact) mass is 260 g/mol. The van der Waals surface area contributed by atoms with Gasteiger partial charge in [0.2, 0.25) is 0 Å². The molecule has 0 heterocycles. The van der Waals surface area contributed by atoms with Crippen LogP contribution < -0.4 is 5.73 Å². The molecule has 1 aromatic rings. The molecule has 102 valence electrons. The zero-order valence-corrected chi connectivity index (χ0v) is 11.6. The Morgan fingerprint density at radius 2 is 1.95 bits per heavy atom. The predicted molar refractivity (Wildman–Crippen MR) is 73.3 cm³/mol. The first-order chi connectivity index (χ1) is 8.80. The van der Waals surface area contributed by atoms with Crippen LogP contribution in [0.4, 0.5) is 0 Å². The van der Waals surface area contributed by atoms with Crippen LogP contribution in [0.2, 0.25) is 0 Å². The highest BCUT2D eigenvalue weighted by Gasteiger charge is 2.18. The van der Waals surface area contributed by atoms with Crippen molar-refractivity contribution in [2.75, 3.05) is 0 Å². The van der Waals surface area contributed by atoms with E-state index in [1.807, 2.05) is 32.9 Å². The number of nitriles is 1. The van der Waals surface area contributed by atoms with E-state index in [0.717, 1.165) is 5.56 Å². The van der Waals surface area contributed by atoms with Gasteiger partial charge in [-0.15, -0.1) is 0 Å². The van der Waals surface area contributed by atoms with Gasteiger partial charge in [0.1, 0.15) is 5.60 Å². The minimum Gasteiger partial charge on any atom is -0.460 e. The standard InChI is InChI=1S/C15H20N2O2/c1-15(2,3)19-14(18)9-13(17)8-11-4-6-12(10-16)7-5-11/h4-7,13H,8-9,17H2,1-3H3/t13-/m1/s1. The quantitative estimate of drug-likeness (QED) is 0.842. The van der Waals surface area contributed by atoms with Crippen molar-refractivity contribution in [1.82, 2.24) is 0 Å². The zero-order valence-electron chi connectivity index (χ0n) is 11.6. The van der Waals surface area contributed by atoms with E-state index in [2.05, 4.69) is 6.07 Å². The lowest BCUT2D eigenvalue weighted by molar-refractivity contribution is -0.155. The summed E-state index contributed by atoms with van der Waals surface area (Å²) in [5.41, 5.74) is 7.07. The van der Waals surface area contributed by atoms with Gasteiger partial charge in [0.05, 0.1) is 18.1 Å². The first-order valence-corrected chi connectivity index (χ1v) is 6.26. The molecule has 0 aliphatic carbocycles. The lowest BCUT2D eigenvalue weighted by Crippen LogP contribution is -2.31. The van der Waals surface area contributed by atoms with Gasteiger partial charge in [0.15, 0.2) is 0 Å². The average molecular weight is 260 g/mol. The van der Waals surface area contributed by atoms with E-state index in [1.165, 1.54) is 0 Å². The van der Waals surface area contributed by atoms with Crippen LogP contribution in [-0.2, 0) is 16.0 Å². The van der Waals surface area contributed by atoms with Crippen LogP contribution in [0.5, 0.6) is 0 Å². The third-order valence-electron chi connectivity index (χ3n) is 2.43. The molecule has 0 saturated carbocycles. The SMILES string of the molecule is CC(C)(C)OC(=O)C[C@H](N)Cc1ccc(C#N)cc1. The Labute approximate surface area is 114 Å². The molecule has 0 aliphatic rings. The molecule has 2 N–H and O–H groups in total. The maximum absolute atomic E-state index is 11.6. The molecule has 1 rings (SSSR count). The van der Waals surface area contributed by atoms with Crippen molar-refractivity contribution >= 4 is 5.97 Å². The molecule has 4 nitrogen and oxygen atoms in total. The third kappa shape index (κ3) is 6.03. The summed E-state index contributed by atoms with van der Waals surface area (Å²) >= 11 is 0. The summed E-state index contributed by atoms with van der Waals surface area (Å²) in [7, 11) is 0. The van der Waals surface area contributed by atoms with Crippen molar-refractivity contribution in [3.8, 4) is 6.07 Å². The highest BCUT2D eigenvalue weighted by Crippen LogP contribution is 2.11. The molecule has 0 aliphatic heterocycles. The van der Waals surface area contributed by atoms with E-state index < -0.39 is 5.60 Å². The van der Waals surface area contributed by atoms with Gasteiger partial charge in [0, 0.05) is 6.04 Å². The molecule has 0 saturated heterocycles. The molecule has 1 atom stereocenters. The van der Waals surface area contributed by atoms with Crippen LogP contribution in [0, 0.1) is 11.3 Å². The summed E-state index contributed by atoms with van der Waals surface area (Å²) in [6.45, 7) is 5.49. The molecule has 0 bridgehead atoms. The van der Waals surface area contributed by atoms with Crippen molar-refractivity contribution in [3.05, 3.63) is 35.4 Å². The molecule has 0 spiro atoms. The van der Waals surface area contributed by atoms with Gasteiger partial charge in [-0.25, -0.2) is 0 Å². The predicted octanol–water partition coefficient (Wildman–Crippen LogP) is 2.16. The Balaban J connectivity index is 2.48. The number of hydrogen-bond acceptors (Lipinski definition) is 4. The Hall–Kier alpha value is -1.86. The molecule has 0 radical (unpaired) electrons. The fourth-order valence-electron chi connectivity index (χ4n) is 1.69. The molecular formula is C15H20N2O2. The molecule has 4 heteroatoms. The number of hydrogen-bond donors (Lipinski definition) is 1. The van der Waals surface area contributed by atoms with Gasteiger partial charge in [-0.2, -0.15) is 5.26 Å². The summed E-state index contributed by atoms with van der Waals surface area (Å²) in [6.07, 6.45) is 0.780. The lowest BCUT2D eigenvalue weighted by Gasteiger charge is -2.21. The molecule has 0 unspecified atom stereocenters. The van der Waals surface area contributed by atoms with Gasteiger partial charge in [-0.1, -0.05) is 12.1 Å².